The van der Waals surface area contributed by atoms with E-state index in [2.05, 4.69) is 50.1 Å². The van der Waals surface area contributed by atoms with Gasteiger partial charge in [-0.05, 0) is 21.6 Å². The molecule has 0 saturated carbocycles. The first-order valence-corrected chi connectivity index (χ1v) is 8.78. The molecule has 26 heavy (non-hydrogen) atoms. The molecule has 0 atom stereocenters. The highest BCUT2D eigenvalue weighted by molar-refractivity contribution is 7.14. The number of nitrogens with zero attached hydrogens (tertiary/aromatic N) is 5. The molecule has 0 aliphatic carbocycles. The molecule has 0 fully saturated rings. The lowest BCUT2D eigenvalue weighted by atomic mass is 10.0. The van der Waals surface area contributed by atoms with Crippen LogP contribution < -0.4 is 5.32 Å². The monoisotopic (exact) mass is 362 g/mol. The summed E-state index contributed by atoms with van der Waals surface area (Å²) in [6, 6.07) is 18.4. The first-order chi connectivity index (χ1) is 12.8. The molecule has 0 spiro atoms. The number of hydrogen-bond acceptors (Lipinski definition) is 6. The molecular weight excluding hydrogens is 348 g/mol. The van der Waals surface area contributed by atoms with Crippen LogP contribution in [0.15, 0.2) is 66.3 Å². The van der Waals surface area contributed by atoms with E-state index in [1.807, 2.05) is 35.7 Å². The van der Waals surface area contributed by atoms with Crippen molar-refractivity contribution in [2.75, 3.05) is 5.32 Å². The second-order valence-corrected chi connectivity index (χ2v) is 6.39. The van der Waals surface area contributed by atoms with E-state index in [0.29, 0.717) is 5.13 Å². The van der Waals surface area contributed by atoms with E-state index in [1.54, 1.807) is 0 Å². The van der Waals surface area contributed by atoms with E-state index in [1.165, 1.54) is 27.9 Å². The van der Waals surface area contributed by atoms with Crippen molar-refractivity contribution in [3.8, 4) is 22.4 Å². The van der Waals surface area contributed by atoms with Gasteiger partial charge >= 0.3 is 0 Å². The first kappa shape index (κ1) is 16.1. The van der Waals surface area contributed by atoms with Crippen molar-refractivity contribution >= 4 is 22.4 Å². The first-order valence-electron chi connectivity index (χ1n) is 7.90. The summed E-state index contributed by atoms with van der Waals surface area (Å²) in [5.74, 6) is -0.224. The highest BCUT2D eigenvalue weighted by Crippen LogP contribution is 2.27. The van der Waals surface area contributed by atoms with Crippen molar-refractivity contribution in [1.29, 1.82) is 0 Å². The Morgan fingerprint density at radius 1 is 1.00 bits per heavy atom. The van der Waals surface area contributed by atoms with Gasteiger partial charge < -0.3 is 5.32 Å². The lowest BCUT2D eigenvalue weighted by Gasteiger charge is -2.03. The Balaban J connectivity index is 1.45. The zero-order chi connectivity index (χ0) is 17.8. The Morgan fingerprint density at radius 2 is 1.73 bits per heavy atom. The number of benzene rings is 2. The molecule has 0 bridgehead atoms. The lowest BCUT2D eigenvalue weighted by molar-refractivity contribution is -0.116. The number of thiazole rings is 1. The largest absolute Gasteiger partial charge is 0.300 e. The summed E-state index contributed by atoms with van der Waals surface area (Å²) in [6.07, 6.45) is 1.39. The second kappa shape index (κ2) is 7.24. The highest BCUT2D eigenvalue weighted by Gasteiger charge is 2.09. The maximum Gasteiger partial charge on any atom is 0.248 e. The number of nitrogens with one attached hydrogen (secondary N) is 1. The summed E-state index contributed by atoms with van der Waals surface area (Å²) in [7, 11) is 0. The number of hydrogen-bond donors (Lipinski definition) is 1. The van der Waals surface area contributed by atoms with Gasteiger partial charge in [0.05, 0.1) is 5.69 Å². The summed E-state index contributed by atoms with van der Waals surface area (Å²) in [5, 5.41) is 15.9. The fraction of sp³-hybridized carbons (Fsp3) is 0.0556. The van der Waals surface area contributed by atoms with Crippen LogP contribution in [0.4, 0.5) is 5.13 Å². The predicted octanol–water partition coefficient (Wildman–Crippen LogP) is 3.10. The fourth-order valence-corrected chi connectivity index (χ4v) is 3.22. The minimum atomic E-state index is -0.224. The summed E-state index contributed by atoms with van der Waals surface area (Å²) >= 11 is 1.38. The standard InChI is InChI=1S/C18H14N6OS/c25-17(10-24-12-19-22-23-24)21-18-20-16(11-26-18)15-8-6-14(7-9-15)13-4-2-1-3-5-13/h1-9,11-12H,10H2,(H,20,21,25). The van der Waals surface area contributed by atoms with Crippen molar-refractivity contribution in [2.24, 2.45) is 0 Å². The topological polar surface area (TPSA) is 85.6 Å². The molecule has 0 aliphatic heterocycles. The van der Waals surface area contributed by atoms with Crippen molar-refractivity contribution in [1.82, 2.24) is 25.2 Å². The fourth-order valence-electron chi connectivity index (χ4n) is 2.49. The third kappa shape index (κ3) is 3.65. The number of anilines is 1. The van der Waals surface area contributed by atoms with Crippen molar-refractivity contribution in [3.05, 3.63) is 66.3 Å². The number of tetrazole rings is 1. The SMILES string of the molecule is O=C(Cn1cnnn1)Nc1nc(-c2ccc(-c3ccccc3)cc2)cs1. The van der Waals surface area contributed by atoms with Gasteiger partial charge in [-0.25, -0.2) is 9.67 Å². The van der Waals surface area contributed by atoms with Crippen LogP contribution in [0.5, 0.6) is 0 Å². The van der Waals surface area contributed by atoms with E-state index in [0.717, 1.165) is 16.8 Å². The zero-order valence-corrected chi connectivity index (χ0v) is 14.4. The zero-order valence-electron chi connectivity index (χ0n) is 13.6. The maximum absolute atomic E-state index is 12.0. The number of carbonyl (C=O) groups excluding carboxylic acids is 1. The molecule has 7 nitrogen and oxygen atoms in total. The van der Waals surface area contributed by atoms with Gasteiger partial charge in [0.2, 0.25) is 5.91 Å². The van der Waals surface area contributed by atoms with Crippen LogP contribution >= 0.6 is 11.3 Å². The molecule has 1 N–H and O–H groups in total. The molecule has 2 heterocycles. The molecule has 128 valence electrons. The van der Waals surface area contributed by atoms with Crippen molar-refractivity contribution < 1.29 is 4.79 Å². The Labute approximate surface area is 153 Å². The Bertz CT molecular complexity index is 996. The quantitative estimate of drug-likeness (QED) is 0.590. The Hall–Kier alpha value is -3.39. The van der Waals surface area contributed by atoms with Gasteiger partial charge in [-0.2, -0.15) is 0 Å². The van der Waals surface area contributed by atoms with Crippen LogP contribution in [0.1, 0.15) is 0 Å². The Morgan fingerprint density at radius 3 is 2.46 bits per heavy atom. The van der Waals surface area contributed by atoms with Gasteiger partial charge in [0.1, 0.15) is 12.9 Å². The molecule has 4 rings (SSSR count). The molecule has 8 heteroatoms. The third-order valence-corrected chi connectivity index (χ3v) is 4.49. The lowest BCUT2D eigenvalue weighted by Crippen LogP contribution is -2.19. The van der Waals surface area contributed by atoms with E-state index in [9.17, 15) is 4.79 Å². The average molecular weight is 362 g/mol. The van der Waals surface area contributed by atoms with Gasteiger partial charge in [-0.1, -0.05) is 54.6 Å². The van der Waals surface area contributed by atoms with Gasteiger partial charge in [0.15, 0.2) is 5.13 Å². The Kier molecular flexibility index (Phi) is 4.48. The van der Waals surface area contributed by atoms with Gasteiger partial charge in [0.25, 0.3) is 0 Å². The minimum absolute atomic E-state index is 0.0493. The number of amides is 1. The summed E-state index contributed by atoms with van der Waals surface area (Å²) in [5.41, 5.74) is 4.15. The van der Waals surface area contributed by atoms with Crippen LogP contribution in [0, 0.1) is 0 Å². The molecule has 0 aliphatic rings. The van der Waals surface area contributed by atoms with Crippen LogP contribution in [-0.4, -0.2) is 31.1 Å². The summed E-state index contributed by atoms with van der Waals surface area (Å²) in [4.78, 5) is 16.4. The van der Waals surface area contributed by atoms with E-state index in [-0.39, 0.29) is 12.5 Å². The van der Waals surface area contributed by atoms with Gasteiger partial charge in [-0.3, -0.25) is 4.79 Å². The highest BCUT2D eigenvalue weighted by atomic mass is 32.1. The number of rotatable bonds is 5. The normalized spacial score (nSPS) is 10.6. The van der Waals surface area contributed by atoms with Crippen molar-refractivity contribution in [3.63, 3.8) is 0 Å². The molecule has 2 aromatic carbocycles. The van der Waals surface area contributed by atoms with E-state index >= 15 is 0 Å². The van der Waals surface area contributed by atoms with Crippen LogP contribution in [-0.2, 0) is 11.3 Å². The third-order valence-electron chi connectivity index (χ3n) is 3.74. The molecular formula is C18H14N6OS. The van der Waals surface area contributed by atoms with E-state index < -0.39 is 0 Å². The van der Waals surface area contributed by atoms with Crippen LogP contribution in [0.3, 0.4) is 0 Å². The molecule has 1 amide bonds. The average Bonchev–Trinajstić information content (AvgIpc) is 3.35. The minimum Gasteiger partial charge on any atom is -0.300 e. The number of carbonyl (C=O) groups is 1. The molecule has 4 aromatic rings. The molecule has 2 aromatic heterocycles. The summed E-state index contributed by atoms with van der Waals surface area (Å²) in [6.45, 7) is 0.0493. The van der Waals surface area contributed by atoms with Gasteiger partial charge in [-0.15, -0.1) is 16.4 Å². The van der Waals surface area contributed by atoms with E-state index in [4.69, 9.17) is 0 Å². The predicted molar refractivity (Wildman–Crippen MR) is 99.4 cm³/mol. The molecule has 0 unspecified atom stereocenters. The maximum atomic E-state index is 12.0. The molecule has 0 radical (unpaired) electrons. The van der Waals surface area contributed by atoms with Crippen LogP contribution in [0.25, 0.3) is 22.4 Å². The van der Waals surface area contributed by atoms with Crippen LogP contribution in [0.2, 0.25) is 0 Å². The second-order valence-electron chi connectivity index (χ2n) is 5.54. The van der Waals surface area contributed by atoms with Crippen molar-refractivity contribution in [2.45, 2.75) is 6.54 Å². The summed E-state index contributed by atoms with van der Waals surface area (Å²) < 4.78 is 1.35. The number of aromatic nitrogens is 5. The van der Waals surface area contributed by atoms with Gasteiger partial charge in [0, 0.05) is 10.9 Å². The molecule has 0 saturated heterocycles. The smallest absolute Gasteiger partial charge is 0.248 e.